The second-order valence-electron chi connectivity index (χ2n) is 5.92. The number of benzene rings is 3. The second kappa shape index (κ2) is 7.62. The number of amides is 1. The Balaban J connectivity index is 1.59. The van der Waals surface area contributed by atoms with Gasteiger partial charge in [-0.15, -0.1) is 0 Å². The molecular formula is C21H20N2O2. The zero-order valence-corrected chi connectivity index (χ0v) is 14.3. The van der Waals surface area contributed by atoms with Gasteiger partial charge in [0.05, 0.1) is 6.21 Å². The Kier molecular flexibility index (Phi) is 5.09. The fraction of sp³-hybridized carbons (Fsp3) is 0.143. The van der Waals surface area contributed by atoms with Gasteiger partial charge in [0.2, 0.25) is 0 Å². The lowest BCUT2D eigenvalue weighted by Gasteiger charge is -2.08. The van der Waals surface area contributed by atoms with Crippen molar-refractivity contribution in [2.75, 3.05) is 6.61 Å². The lowest BCUT2D eigenvalue weighted by Crippen LogP contribution is -2.24. The molecule has 0 aromatic heterocycles. The molecule has 4 heteroatoms. The van der Waals surface area contributed by atoms with Crippen molar-refractivity contribution < 1.29 is 9.53 Å². The molecule has 3 aromatic rings. The van der Waals surface area contributed by atoms with Crippen molar-refractivity contribution in [1.29, 1.82) is 0 Å². The van der Waals surface area contributed by atoms with E-state index in [1.54, 1.807) is 6.21 Å². The first kappa shape index (κ1) is 16.7. The summed E-state index contributed by atoms with van der Waals surface area (Å²) in [7, 11) is 0. The van der Waals surface area contributed by atoms with Crippen molar-refractivity contribution >= 4 is 22.9 Å². The number of fused-ring (bicyclic) bond motifs is 1. The predicted octanol–water partition coefficient (Wildman–Crippen LogP) is 3.99. The largest absolute Gasteiger partial charge is 0.483 e. The number of hydrazone groups is 1. The number of aryl methyl sites for hydroxylation is 2. The van der Waals surface area contributed by atoms with Crippen LogP contribution in [0.25, 0.3) is 10.8 Å². The quantitative estimate of drug-likeness (QED) is 0.567. The molecule has 25 heavy (non-hydrogen) atoms. The van der Waals surface area contributed by atoms with Crippen LogP contribution in [0.15, 0.2) is 65.8 Å². The van der Waals surface area contributed by atoms with E-state index in [1.165, 1.54) is 0 Å². The zero-order valence-electron chi connectivity index (χ0n) is 14.3. The molecule has 126 valence electrons. The van der Waals surface area contributed by atoms with Crippen LogP contribution < -0.4 is 10.2 Å². The fourth-order valence-corrected chi connectivity index (χ4v) is 2.67. The molecule has 4 nitrogen and oxygen atoms in total. The Morgan fingerprint density at radius 3 is 2.72 bits per heavy atom. The molecule has 1 amide bonds. The van der Waals surface area contributed by atoms with Gasteiger partial charge in [0.15, 0.2) is 6.61 Å². The Labute approximate surface area is 147 Å². The highest BCUT2D eigenvalue weighted by Gasteiger charge is 2.04. The predicted molar refractivity (Wildman–Crippen MR) is 101 cm³/mol. The van der Waals surface area contributed by atoms with Crippen LogP contribution in [0.4, 0.5) is 0 Å². The minimum Gasteiger partial charge on any atom is -0.483 e. The molecule has 3 rings (SSSR count). The molecule has 0 aliphatic carbocycles. The summed E-state index contributed by atoms with van der Waals surface area (Å²) in [6.07, 6.45) is 1.65. The van der Waals surface area contributed by atoms with E-state index in [4.69, 9.17) is 4.74 Å². The maximum Gasteiger partial charge on any atom is 0.277 e. The number of hydrogen-bond acceptors (Lipinski definition) is 3. The third kappa shape index (κ3) is 4.23. The standard InChI is InChI=1S/C21H20N2O2/c1-15-10-11-20(16(2)12-15)25-14-21(24)23-22-13-18-8-5-7-17-6-3-4-9-19(17)18/h3-13H,14H2,1-2H3,(H,23,24)/b22-13+. The molecule has 0 heterocycles. The maximum atomic E-state index is 11.9. The fourth-order valence-electron chi connectivity index (χ4n) is 2.67. The SMILES string of the molecule is Cc1ccc(OCC(=O)N/N=C/c2cccc3ccccc23)c(C)c1. The molecule has 0 bridgehead atoms. The smallest absolute Gasteiger partial charge is 0.277 e. The van der Waals surface area contributed by atoms with Crippen molar-refractivity contribution in [2.24, 2.45) is 5.10 Å². The van der Waals surface area contributed by atoms with Crippen LogP contribution in [-0.2, 0) is 4.79 Å². The monoisotopic (exact) mass is 332 g/mol. The summed E-state index contributed by atoms with van der Waals surface area (Å²) in [5.74, 6) is 0.412. The van der Waals surface area contributed by atoms with E-state index in [1.807, 2.05) is 74.5 Å². The van der Waals surface area contributed by atoms with Crippen molar-refractivity contribution in [3.8, 4) is 5.75 Å². The van der Waals surface area contributed by atoms with Gasteiger partial charge < -0.3 is 4.74 Å². The summed E-state index contributed by atoms with van der Waals surface area (Å²) in [6.45, 7) is 3.90. The van der Waals surface area contributed by atoms with Gasteiger partial charge in [-0.1, -0.05) is 60.2 Å². The van der Waals surface area contributed by atoms with Gasteiger partial charge in [-0.05, 0) is 36.2 Å². The van der Waals surface area contributed by atoms with E-state index in [0.717, 1.165) is 27.5 Å². The van der Waals surface area contributed by atoms with Gasteiger partial charge >= 0.3 is 0 Å². The van der Waals surface area contributed by atoms with E-state index in [0.29, 0.717) is 5.75 Å². The average Bonchev–Trinajstić information content (AvgIpc) is 2.61. The Hall–Kier alpha value is -3.14. The van der Waals surface area contributed by atoms with Crippen LogP contribution >= 0.6 is 0 Å². The molecule has 0 saturated carbocycles. The summed E-state index contributed by atoms with van der Waals surface area (Å²) < 4.78 is 5.54. The van der Waals surface area contributed by atoms with Crippen molar-refractivity contribution in [3.63, 3.8) is 0 Å². The lowest BCUT2D eigenvalue weighted by molar-refractivity contribution is -0.123. The van der Waals surface area contributed by atoms with Crippen LogP contribution in [0.3, 0.4) is 0 Å². The molecule has 1 N–H and O–H groups in total. The number of rotatable bonds is 5. The first-order valence-corrected chi connectivity index (χ1v) is 8.13. The number of carbonyl (C=O) groups is 1. The number of nitrogens with one attached hydrogen (secondary N) is 1. The highest BCUT2D eigenvalue weighted by atomic mass is 16.5. The van der Waals surface area contributed by atoms with E-state index >= 15 is 0 Å². The lowest BCUT2D eigenvalue weighted by atomic mass is 10.1. The van der Waals surface area contributed by atoms with Gasteiger partial charge in [-0.2, -0.15) is 5.10 Å². The van der Waals surface area contributed by atoms with Crippen LogP contribution in [0.5, 0.6) is 5.75 Å². The Morgan fingerprint density at radius 2 is 1.88 bits per heavy atom. The highest BCUT2D eigenvalue weighted by Crippen LogP contribution is 2.18. The normalized spacial score (nSPS) is 11.0. The summed E-state index contributed by atoms with van der Waals surface area (Å²) in [4.78, 5) is 11.9. The molecular weight excluding hydrogens is 312 g/mol. The number of carbonyl (C=O) groups excluding carboxylic acids is 1. The minimum absolute atomic E-state index is 0.0726. The first-order chi connectivity index (χ1) is 12.1. The summed E-state index contributed by atoms with van der Waals surface area (Å²) in [6, 6.07) is 19.9. The average molecular weight is 332 g/mol. The van der Waals surface area contributed by atoms with Gasteiger partial charge in [-0.3, -0.25) is 4.79 Å². The zero-order chi connectivity index (χ0) is 17.6. The number of hydrogen-bond donors (Lipinski definition) is 1. The molecule has 0 aliphatic heterocycles. The minimum atomic E-state index is -0.295. The summed E-state index contributed by atoms with van der Waals surface area (Å²) >= 11 is 0. The Bertz CT molecular complexity index is 927. The van der Waals surface area contributed by atoms with Gasteiger partial charge in [0.25, 0.3) is 5.91 Å². The molecule has 0 unspecified atom stereocenters. The second-order valence-corrected chi connectivity index (χ2v) is 5.92. The van der Waals surface area contributed by atoms with Crippen molar-refractivity contribution in [2.45, 2.75) is 13.8 Å². The first-order valence-electron chi connectivity index (χ1n) is 8.13. The molecule has 0 atom stereocenters. The third-order valence-electron chi connectivity index (χ3n) is 3.91. The summed E-state index contributed by atoms with van der Waals surface area (Å²) in [5.41, 5.74) is 5.62. The Morgan fingerprint density at radius 1 is 1.08 bits per heavy atom. The number of ether oxygens (including phenoxy) is 1. The molecule has 0 fully saturated rings. The third-order valence-corrected chi connectivity index (χ3v) is 3.91. The van der Waals surface area contributed by atoms with Crippen LogP contribution in [0.2, 0.25) is 0 Å². The van der Waals surface area contributed by atoms with E-state index < -0.39 is 0 Å². The summed E-state index contributed by atoms with van der Waals surface area (Å²) in [5, 5.41) is 6.26. The molecule has 0 aliphatic rings. The van der Waals surface area contributed by atoms with E-state index in [-0.39, 0.29) is 12.5 Å². The van der Waals surface area contributed by atoms with Gasteiger partial charge in [0, 0.05) is 5.56 Å². The van der Waals surface area contributed by atoms with Gasteiger partial charge in [0.1, 0.15) is 5.75 Å². The molecule has 3 aromatic carbocycles. The topological polar surface area (TPSA) is 50.7 Å². The van der Waals surface area contributed by atoms with Crippen molar-refractivity contribution in [3.05, 3.63) is 77.4 Å². The van der Waals surface area contributed by atoms with Crippen LogP contribution in [0.1, 0.15) is 16.7 Å². The van der Waals surface area contributed by atoms with Crippen LogP contribution in [0, 0.1) is 13.8 Å². The van der Waals surface area contributed by atoms with E-state index in [9.17, 15) is 4.79 Å². The van der Waals surface area contributed by atoms with Crippen LogP contribution in [-0.4, -0.2) is 18.7 Å². The van der Waals surface area contributed by atoms with Crippen molar-refractivity contribution in [1.82, 2.24) is 5.43 Å². The highest BCUT2D eigenvalue weighted by molar-refractivity contribution is 5.99. The molecule has 0 radical (unpaired) electrons. The molecule has 0 saturated heterocycles. The number of nitrogens with zero attached hydrogens (tertiary/aromatic N) is 1. The van der Waals surface area contributed by atoms with Gasteiger partial charge in [-0.25, -0.2) is 5.43 Å². The maximum absolute atomic E-state index is 11.9. The van der Waals surface area contributed by atoms with E-state index in [2.05, 4.69) is 10.5 Å². The molecule has 0 spiro atoms.